The van der Waals surface area contributed by atoms with Crippen molar-refractivity contribution in [1.82, 2.24) is 5.32 Å². The molecule has 3 nitrogen and oxygen atoms in total. The number of Topliss-reactive ketones (excluding diaryl/α,β-unsaturated/α-hetero) is 2. The molecule has 2 aromatic rings. The van der Waals surface area contributed by atoms with E-state index in [9.17, 15) is 22.8 Å². The summed E-state index contributed by atoms with van der Waals surface area (Å²) in [6, 6.07) is 11.2. The molecule has 0 radical (unpaired) electrons. The van der Waals surface area contributed by atoms with Crippen LogP contribution < -0.4 is 5.32 Å². The van der Waals surface area contributed by atoms with Gasteiger partial charge in [0.05, 0.1) is 5.56 Å². The van der Waals surface area contributed by atoms with Crippen LogP contribution in [0.4, 0.5) is 13.2 Å². The zero-order valence-electron chi connectivity index (χ0n) is 14.5. The molecular weight excluding hydrogens is 355 g/mol. The molecule has 0 atom stereocenters. The minimum absolute atomic E-state index is 0.149. The molecule has 2 aromatic carbocycles. The minimum atomic E-state index is -4.54. The number of carbonyl (C=O) groups is 2. The monoisotopic (exact) mass is 373 g/mol. The fraction of sp³-hybridized carbons (Fsp3) is 0.333. The first-order valence-corrected chi connectivity index (χ1v) is 8.94. The Hall–Kier alpha value is -2.47. The van der Waals surface area contributed by atoms with Gasteiger partial charge in [0, 0.05) is 11.1 Å². The molecule has 0 saturated carbocycles. The summed E-state index contributed by atoms with van der Waals surface area (Å²) in [4.78, 5) is 26.9. The van der Waals surface area contributed by atoms with Crippen LogP contribution in [-0.2, 0) is 11.6 Å². The van der Waals surface area contributed by atoms with Gasteiger partial charge in [-0.15, -0.1) is 0 Å². The van der Waals surface area contributed by atoms with Crippen molar-refractivity contribution >= 4 is 11.6 Å². The summed E-state index contributed by atoms with van der Waals surface area (Å²) in [6.07, 6.45) is -3.42. The molecule has 27 heavy (non-hydrogen) atoms. The van der Waals surface area contributed by atoms with Gasteiger partial charge in [0.25, 0.3) is 0 Å². The number of rotatable bonds is 2. The third-order valence-electron chi connectivity index (χ3n) is 5.73. The zero-order valence-corrected chi connectivity index (χ0v) is 14.5. The van der Waals surface area contributed by atoms with Crippen molar-refractivity contribution in [2.75, 3.05) is 13.1 Å². The van der Waals surface area contributed by atoms with Crippen molar-refractivity contribution in [1.29, 1.82) is 0 Å². The van der Waals surface area contributed by atoms with Crippen LogP contribution in [0.1, 0.15) is 44.7 Å². The number of piperidine rings is 1. The van der Waals surface area contributed by atoms with Crippen LogP contribution in [0.25, 0.3) is 0 Å². The Morgan fingerprint density at radius 1 is 0.889 bits per heavy atom. The Bertz CT molecular complexity index is 879. The van der Waals surface area contributed by atoms with Crippen LogP contribution in [0, 0.1) is 5.92 Å². The van der Waals surface area contributed by atoms with Crippen molar-refractivity contribution in [3.05, 3.63) is 70.8 Å². The molecular formula is C21H18F3NO2. The molecule has 4 rings (SSSR count). The van der Waals surface area contributed by atoms with Crippen molar-refractivity contribution < 1.29 is 22.8 Å². The lowest BCUT2D eigenvalue weighted by Crippen LogP contribution is -2.49. The van der Waals surface area contributed by atoms with Gasteiger partial charge in [0.15, 0.2) is 11.6 Å². The Morgan fingerprint density at radius 2 is 1.48 bits per heavy atom. The third kappa shape index (κ3) is 2.62. The van der Waals surface area contributed by atoms with E-state index in [2.05, 4.69) is 5.32 Å². The molecule has 6 heteroatoms. The average Bonchev–Trinajstić information content (AvgIpc) is 2.91. The highest BCUT2D eigenvalue weighted by Crippen LogP contribution is 2.48. The van der Waals surface area contributed by atoms with E-state index >= 15 is 0 Å². The van der Waals surface area contributed by atoms with Crippen LogP contribution in [0.5, 0.6) is 0 Å². The number of fused-ring (bicyclic) bond motifs is 1. The van der Waals surface area contributed by atoms with E-state index in [-0.39, 0.29) is 23.0 Å². The first-order chi connectivity index (χ1) is 12.9. The van der Waals surface area contributed by atoms with E-state index in [0.29, 0.717) is 37.1 Å². The lowest BCUT2D eigenvalue weighted by molar-refractivity contribution is -0.137. The lowest BCUT2D eigenvalue weighted by atomic mass is 9.63. The lowest BCUT2D eigenvalue weighted by Gasteiger charge is -2.38. The molecule has 1 aliphatic carbocycles. The summed E-state index contributed by atoms with van der Waals surface area (Å²) in [5.41, 5.74) is -1.66. The van der Waals surface area contributed by atoms with Crippen LogP contribution in [0.3, 0.4) is 0 Å². The van der Waals surface area contributed by atoms with Gasteiger partial charge in [-0.3, -0.25) is 9.59 Å². The molecule has 0 unspecified atom stereocenters. The quantitative estimate of drug-likeness (QED) is 0.809. The maximum Gasteiger partial charge on any atom is 0.416 e. The van der Waals surface area contributed by atoms with E-state index in [0.717, 1.165) is 12.1 Å². The van der Waals surface area contributed by atoms with Crippen molar-refractivity contribution in [2.45, 2.75) is 24.4 Å². The van der Waals surface area contributed by atoms with E-state index in [1.54, 1.807) is 24.3 Å². The maximum absolute atomic E-state index is 13.5. The Kier molecular flexibility index (Phi) is 4.18. The third-order valence-corrected chi connectivity index (χ3v) is 5.73. The van der Waals surface area contributed by atoms with Gasteiger partial charge >= 0.3 is 6.18 Å². The maximum atomic E-state index is 13.5. The fourth-order valence-electron chi connectivity index (χ4n) is 4.47. The molecule has 1 aliphatic heterocycles. The van der Waals surface area contributed by atoms with Crippen LogP contribution in [0.15, 0.2) is 48.5 Å². The van der Waals surface area contributed by atoms with Crippen molar-refractivity contribution in [2.24, 2.45) is 5.92 Å². The number of hydrogen-bond acceptors (Lipinski definition) is 3. The highest BCUT2D eigenvalue weighted by Gasteiger charge is 2.58. The SMILES string of the molecule is O=C1c2ccccc2C(=O)C1(c1cccc(C(F)(F)F)c1)C1CCNCC1. The molecule has 0 aromatic heterocycles. The van der Waals surface area contributed by atoms with Gasteiger partial charge in [-0.25, -0.2) is 0 Å². The van der Waals surface area contributed by atoms with Gasteiger partial charge in [-0.1, -0.05) is 42.5 Å². The van der Waals surface area contributed by atoms with Crippen molar-refractivity contribution in [3.63, 3.8) is 0 Å². The number of nitrogens with one attached hydrogen (secondary N) is 1. The van der Waals surface area contributed by atoms with Crippen LogP contribution in [-0.4, -0.2) is 24.7 Å². The zero-order chi connectivity index (χ0) is 19.2. The second-order valence-electron chi connectivity index (χ2n) is 7.11. The highest BCUT2D eigenvalue weighted by atomic mass is 19.4. The number of ketones is 2. The predicted molar refractivity (Wildman–Crippen MR) is 93.8 cm³/mol. The number of hydrogen-bond donors (Lipinski definition) is 1. The number of benzene rings is 2. The second-order valence-corrected chi connectivity index (χ2v) is 7.11. The second kappa shape index (κ2) is 6.30. The van der Waals surface area contributed by atoms with Gasteiger partial charge in [0.1, 0.15) is 5.41 Å². The highest BCUT2D eigenvalue weighted by molar-refractivity contribution is 6.33. The molecule has 1 heterocycles. The molecule has 0 spiro atoms. The molecule has 1 saturated heterocycles. The first-order valence-electron chi connectivity index (χ1n) is 8.94. The molecule has 0 bridgehead atoms. The topological polar surface area (TPSA) is 46.2 Å². The smallest absolute Gasteiger partial charge is 0.317 e. The molecule has 2 aliphatic rings. The van der Waals surface area contributed by atoms with Gasteiger partial charge < -0.3 is 5.32 Å². The Labute approximate surface area is 154 Å². The van der Waals surface area contributed by atoms with Crippen molar-refractivity contribution in [3.8, 4) is 0 Å². The Balaban J connectivity index is 1.95. The predicted octanol–water partition coefficient (Wildman–Crippen LogP) is 4.02. The largest absolute Gasteiger partial charge is 0.416 e. The number of halogens is 3. The van der Waals surface area contributed by atoms with Gasteiger partial charge in [-0.05, 0) is 43.5 Å². The summed E-state index contributed by atoms with van der Waals surface area (Å²) in [5.74, 6) is -1.10. The Morgan fingerprint density at radius 3 is 2.04 bits per heavy atom. The average molecular weight is 373 g/mol. The molecule has 0 amide bonds. The summed E-state index contributed by atoms with van der Waals surface area (Å²) in [7, 11) is 0. The van der Waals surface area contributed by atoms with E-state index in [1.165, 1.54) is 12.1 Å². The molecule has 1 fully saturated rings. The standard InChI is InChI=1S/C21H18F3NO2/c22-21(23,24)15-5-3-4-14(12-15)20(13-8-10-25-11-9-13)18(26)16-6-1-2-7-17(16)19(20)27/h1-7,12-13,25H,8-11H2. The van der Waals surface area contributed by atoms with Gasteiger partial charge in [-0.2, -0.15) is 13.2 Å². The fourth-order valence-corrected chi connectivity index (χ4v) is 4.47. The van der Waals surface area contributed by atoms with E-state index in [1.807, 2.05) is 0 Å². The van der Waals surface area contributed by atoms with E-state index in [4.69, 9.17) is 0 Å². The van der Waals surface area contributed by atoms with Crippen LogP contribution >= 0.6 is 0 Å². The summed E-state index contributed by atoms with van der Waals surface area (Å²) in [6.45, 7) is 1.25. The normalized spacial score (nSPS) is 20.0. The summed E-state index contributed by atoms with van der Waals surface area (Å²) in [5, 5.41) is 3.19. The minimum Gasteiger partial charge on any atom is -0.317 e. The first kappa shape index (κ1) is 17.9. The van der Waals surface area contributed by atoms with E-state index < -0.39 is 17.2 Å². The number of alkyl halides is 3. The summed E-state index contributed by atoms with van der Waals surface area (Å²) < 4.78 is 39.9. The van der Waals surface area contributed by atoms with Gasteiger partial charge in [0.2, 0.25) is 0 Å². The number of carbonyl (C=O) groups excluding carboxylic acids is 2. The summed E-state index contributed by atoms with van der Waals surface area (Å²) >= 11 is 0. The molecule has 140 valence electrons. The molecule has 1 N–H and O–H groups in total. The van der Waals surface area contributed by atoms with Crippen LogP contribution in [0.2, 0.25) is 0 Å².